The smallest absolute Gasteiger partial charge is 0.236 e. The van der Waals surface area contributed by atoms with Crippen molar-refractivity contribution >= 4 is 34.0 Å². The number of amides is 1. The Morgan fingerprint density at radius 1 is 1.14 bits per heavy atom. The Hall–Kier alpha value is -2.24. The first-order valence-corrected chi connectivity index (χ1v) is 10.5. The Morgan fingerprint density at radius 2 is 1.86 bits per heavy atom. The number of carbonyl (C=O) groups is 1. The van der Waals surface area contributed by atoms with Gasteiger partial charge in [-0.2, -0.15) is 0 Å². The van der Waals surface area contributed by atoms with Gasteiger partial charge in [-0.1, -0.05) is 60.8 Å². The molecule has 1 saturated carbocycles. The predicted molar refractivity (Wildman–Crippen MR) is 112 cm³/mol. The van der Waals surface area contributed by atoms with Crippen LogP contribution in [0.15, 0.2) is 54.7 Å². The van der Waals surface area contributed by atoms with E-state index in [0.29, 0.717) is 35.0 Å². The zero-order valence-corrected chi connectivity index (χ0v) is 16.8. The Bertz CT molecular complexity index is 997. The van der Waals surface area contributed by atoms with Crippen molar-refractivity contribution < 1.29 is 9.18 Å². The summed E-state index contributed by atoms with van der Waals surface area (Å²) in [6, 6.07) is 14.3. The van der Waals surface area contributed by atoms with Gasteiger partial charge in [-0.05, 0) is 30.5 Å². The van der Waals surface area contributed by atoms with Crippen LogP contribution in [-0.2, 0) is 16.6 Å². The van der Waals surface area contributed by atoms with Gasteiger partial charge in [0.1, 0.15) is 5.82 Å². The van der Waals surface area contributed by atoms with E-state index in [0.717, 1.165) is 23.3 Å². The lowest BCUT2D eigenvalue weighted by Crippen LogP contribution is -2.38. The van der Waals surface area contributed by atoms with Crippen LogP contribution in [0.3, 0.4) is 0 Å². The van der Waals surface area contributed by atoms with E-state index in [4.69, 9.17) is 11.6 Å². The lowest BCUT2D eigenvalue weighted by molar-refractivity contribution is -0.121. The van der Waals surface area contributed by atoms with Crippen molar-refractivity contribution in [1.82, 2.24) is 4.98 Å². The molecule has 1 N–H and O–H groups in total. The first-order chi connectivity index (χ1) is 13.6. The Morgan fingerprint density at radius 3 is 2.61 bits per heavy atom. The summed E-state index contributed by atoms with van der Waals surface area (Å²) >= 11 is 7.66. The molecule has 1 fully saturated rings. The molecule has 0 saturated heterocycles. The van der Waals surface area contributed by atoms with Crippen molar-refractivity contribution in [2.45, 2.75) is 37.5 Å². The molecule has 1 aliphatic carbocycles. The molecular weight excluding hydrogens is 395 g/mol. The van der Waals surface area contributed by atoms with Crippen molar-refractivity contribution in [1.29, 1.82) is 0 Å². The third-order valence-corrected chi connectivity index (χ3v) is 6.66. The summed E-state index contributed by atoms with van der Waals surface area (Å²) in [6.45, 7) is 0. The summed E-state index contributed by atoms with van der Waals surface area (Å²) in [6.07, 6.45) is 5.55. The first-order valence-electron chi connectivity index (χ1n) is 9.33. The van der Waals surface area contributed by atoms with Gasteiger partial charge in [-0.15, -0.1) is 11.3 Å². The summed E-state index contributed by atoms with van der Waals surface area (Å²) in [5.74, 6) is -0.494. The normalized spacial score (nSPS) is 15.5. The highest BCUT2D eigenvalue weighted by atomic mass is 35.5. The molecule has 2 aromatic carbocycles. The molecule has 3 aromatic rings. The number of aromatic nitrogens is 1. The SMILES string of the molecule is O=C(Nc1ncc(Cc2ccccc2Cl)s1)C1(c2ccccc2F)CCCC1. The van der Waals surface area contributed by atoms with Crippen molar-refractivity contribution in [2.75, 3.05) is 5.32 Å². The highest BCUT2D eigenvalue weighted by Gasteiger charge is 2.44. The molecule has 0 spiro atoms. The molecule has 4 rings (SSSR count). The maximum absolute atomic E-state index is 14.5. The number of hydrogen-bond donors (Lipinski definition) is 1. The summed E-state index contributed by atoms with van der Waals surface area (Å²) in [4.78, 5) is 18.5. The number of thiazole rings is 1. The second-order valence-electron chi connectivity index (χ2n) is 7.12. The van der Waals surface area contributed by atoms with E-state index < -0.39 is 5.41 Å². The van der Waals surface area contributed by atoms with Crippen LogP contribution < -0.4 is 5.32 Å². The van der Waals surface area contributed by atoms with Crippen molar-refractivity contribution in [3.8, 4) is 0 Å². The fraction of sp³-hybridized carbons (Fsp3) is 0.273. The molecule has 0 radical (unpaired) electrons. The van der Waals surface area contributed by atoms with Crippen LogP contribution in [-0.4, -0.2) is 10.9 Å². The molecule has 1 amide bonds. The van der Waals surface area contributed by atoms with Crippen LogP contribution in [0.25, 0.3) is 0 Å². The maximum Gasteiger partial charge on any atom is 0.236 e. The lowest BCUT2D eigenvalue weighted by atomic mass is 9.77. The topological polar surface area (TPSA) is 42.0 Å². The van der Waals surface area contributed by atoms with Gasteiger partial charge in [0.15, 0.2) is 5.13 Å². The van der Waals surface area contributed by atoms with Crippen LogP contribution in [0.1, 0.15) is 41.7 Å². The average molecular weight is 415 g/mol. The van der Waals surface area contributed by atoms with Gasteiger partial charge in [0.2, 0.25) is 5.91 Å². The number of halogens is 2. The largest absolute Gasteiger partial charge is 0.301 e. The van der Waals surface area contributed by atoms with E-state index in [-0.39, 0.29) is 11.7 Å². The second-order valence-corrected chi connectivity index (χ2v) is 8.65. The minimum Gasteiger partial charge on any atom is -0.301 e. The van der Waals surface area contributed by atoms with E-state index >= 15 is 0 Å². The molecule has 6 heteroatoms. The minimum atomic E-state index is -0.820. The van der Waals surface area contributed by atoms with Crippen LogP contribution in [0.5, 0.6) is 0 Å². The van der Waals surface area contributed by atoms with Crippen LogP contribution in [0.2, 0.25) is 5.02 Å². The van der Waals surface area contributed by atoms with E-state index in [1.54, 1.807) is 24.4 Å². The lowest BCUT2D eigenvalue weighted by Gasteiger charge is -2.28. The van der Waals surface area contributed by atoms with Crippen molar-refractivity contribution in [2.24, 2.45) is 0 Å². The van der Waals surface area contributed by atoms with Crippen LogP contribution >= 0.6 is 22.9 Å². The molecular formula is C22H20ClFN2OS. The summed E-state index contributed by atoms with van der Waals surface area (Å²) < 4.78 is 14.5. The molecule has 3 nitrogen and oxygen atoms in total. The van der Waals surface area contributed by atoms with Gasteiger partial charge in [0.25, 0.3) is 0 Å². The molecule has 0 unspecified atom stereocenters. The zero-order valence-electron chi connectivity index (χ0n) is 15.3. The van der Waals surface area contributed by atoms with Crippen molar-refractivity contribution in [3.05, 3.63) is 81.6 Å². The third-order valence-electron chi connectivity index (χ3n) is 5.38. The zero-order chi connectivity index (χ0) is 19.6. The average Bonchev–Trinajstić information content (AvgIpc) is 3.34. The summed E-state index contributed by atoms with van der Waals surface area (Å²) in [7, 11) is 0. The number of rotatable bonds is 5. The Labute approximate surface area is 172 Å². The highest BCUT2D eigenvalue weighted by Crippen LogP contribution is 2.43. The predicted octanol–water partition coefficient (Wildman–Crippen LogP) is 5.98. The molecule has 0 bridgehead atoms. The Balaban J connectivity index is 1.54. The number of anilines is 1. The highest BCUT2D eigenvalue weighted by molar-refractivity contribution is 7.15. The van der Waals surface area contributed by atoms with Gasteiger partial charge < -0.3 is 5.32 Å². The fourth-order valence-corrected chi connectivity index (χ4v) is 4.97. The molecule has 28 heavy (non-hydrogen) atoms. The number of benzene rings is 2. The van der Waals surface area contributed by atoms with Crippen LogP contribution in [0.4, 0.5) is 9.52 Å². The Kier molecular flexibility index (Phi) is 5.47. The van der Waals surface area contributed by atoms with E-state index in [1.807, 2.05) is 24.3 Å². The van der Waals surface area contributed by atoms with Gasteiger partial charge in [-0.25, -0.2) is 9.37 Å². The van der Waals surface area contributed by atoms with Crippen molar-refractivity contribution in [3.63, 3.8) is 0 Å². The number of nitrogens with zero attached hydrogens (tertiary/aromatic N) is 1. The summed E-state index contributed by atoms with van der Waals surface area (Å²) in [5.41, 5.74) is 0.682. The van der Waals surface area contributed by atoms with Gasteiger partial charge in [0.05, 0.1) is 5.41 Å². The number of nitrogens with one attached hydrogen (secondary N) is 1. The quantitative estimate of drug-likeness (QED) is 0.558. The third kappa shape index (κ3) is 3.69. The molecule has 1 aliphatic rings. The van der Waals surface area contributed by atoms with Gasteiger partial charge in [-0.3, -0.25) is 4.79 Å². The van der Waals surface area contributed by atoms with Crippen LogP contribution in [0, 0.1) is 5.82 Å². The van der Waals surface area contributed by atoms with E-state index in [2.05, 4.69) is 10.3 Å². The second kappa shape index (κ2) is 8.02. The first kappa shape index (κ1) is 19.1. The van der Waals surface area contributed by atoms with Gasteiger partial charge >= 0.3 is 0 Å². The van der Waals surface area contributed by atoms with E-state index in [9.17, 15) is 9.18 Å². The fourth-order valence-electron chi connectivity index (χ4n) is 3.94. The monoisotopic (exact) mass is 414 g/mol. The summed E-state index contributed by atoms with van der Waals surface area (Å²) in [5, 5.41) is 4.19. The molecule has 1 heterocycles. The molecule has 0 aliphatic heterocycles. The van der Waals surface area contributed by atoms with E-state index in [1.165, 1.54) is 17.4 Å². The molecule has 1 aromatic heterocycles. The molecule has 0 atom stereocenters. The minimum absolute atomic E-state index is 0.172. The number of hydrogen-bond acceptors (Lipinski definition) is 3. The molecule has 144 valence electrons. The van der Waals surface area contributed by atoms with Gasteiger partial charge in [0, 0.05) is 28.1 Å². The number of carbonyl (C=O) groups excluding carboxylic acids is 1. The maximum atomic E-state index is 14.5. The standard InChI is InChI=1S/C22H20ClFN2OS/c23-18-9-3-1-7-15(18)13-16-14-25-21(28-16)26-20(27)22(11-5-6-12-22)17-8-2-4-10-19(17)24/h1-4,7-10,14H,5-6,11-13H2,(H,25,26,27).